The van der Waals surface area contributed by atoms with E-state index < -0.39 is 5.54 Å². The second-order valence-corrected chi connectivity index (χ2v) is 8.96. The highest BCUT2D eigenvalue weighted by Gasteiger charge is 2.27. The molecule has 1 aromatic carbocycles. The monoisotopic (exact) mass is 383 g/mol. The fourth-order valence-electron chi connectivity index (χ4n) is 4.34. The van der Waals surface area contributed by atoms with Gasteiger partial charge >= 0.3 is 0 Å². The lowest BCUT2D eigenvalue weighted by atomic mass is 9.84. The van der Waals surface area contributed by atoms with Gasteiger partial charge in [-0.25, -0.2) is 0 Å². The molecule has 4 N–H and O–H groups in total. The van der Waals surface area contributed by atoms with Gasteiger partial charge in [-0.3, -0.25) is 9.59 Å². The van der Waals surface area contributed by atoms with Crippen LogP contribution in [0.4, 0.5) is 0 Å². The molecule has 0 saturated carbocycles. The number of primary amides is 1. The molecule has 0 radical (unpaired) electrons. The van der Waals surface area contributed by atoms with Crippen LogP contribution in [0.15, 0.2) is 24.3 Å². The smallest absolute Gasteiger partial charge is 0.249 e. The summed E-state index contributed by atoms with van der Waals surface area (Å²) in [4.78, 5) is 26.3. The average molecular weight is 384 g/mol. The van der Waals surface area contributed by atoms with E-state index in [1.807, 2.05) is 30.9 Å². The van der Waals surface area contributed by atoms with Crippen LogP contribution in [0, 0.1) is 0 Å². The van der Waals surface area contributed by atoms with Gasteiger partial charge in [-0.1, -0.05) is 18.2 Å². The highest BCUT2D eigenvalue weighted by atomic mass is 16.2. The number of carbonyl (C=O) groups is 2. The van der Waals surface area contributed by atoms with Crippen LogP contribution in [0.25, 0.3) is 5.57 Å². The zero-order valence-electron chi connectivity index (χ0n) is 17.2. The van der Waals surface area contributed by atoms with E-state index in [1.165, 1.54) is 17.6 Å². The lowest BCUT2D eigenvalue weighted by Gasteiger charge is -2.34. The van der Waals surface area contributed by atoms with E-state index in [4.69, 9.17) is 11.5 Å². The maximum atomic E-state index is 12.4. The van der Waals surface area contributed by atoms with E-state index in [0.717, 1.165) is 50.8 Å². The number of nitrogens with zero attached hydrogens (tertiary/aromatic N) is 1. The lowest BCUT2D eigenvalue weighted by molar-refractivity contribution is -0.133. The van der Waals surface area contributed by atoms with E-state index in [2.05, 4.69) is 12.1 Å². The Morgan fingerprint density at radius 2 is 1.89 bits per heavy atom. The molecular weight excluding hydrogens is 350 g/mol. The standard InChI is InChI=1S/C23H33N3O2/c1-23(2,25)15-21(27)26-12-10-16(11-13-26)18-8-9-19(22(24)28)20(14-18)17-6-4-3-5-7-17/h6,8-9,14,16H,3-5,7,10-13,15,25H2,1-2H3,(H2,24,28). The zero-order valence-corrected chi connectivity index (χ0v) is 17.2. The number of rotatable bonds is 5. The summed E-state index contributed by atoms with van der Waals surface area (Å²) in [6.07, 6.45) is 8.94. The highest BCUT2D eigenvalue weighted by Crippen LogP contribution is 2.34. The summed E-state index contributed by atoms with van der Waals surface area (Å²) < 4.78 is 0. The number of nitrogens with two attached hydrogens (primary N) is 2. The zero-order chi connectivity index (χ0) is 20.3. The first-order chi connectivity index (χ1) is 13.2. The summed E-state index contributed by atoms with van der Waals surface area (Å²) in [5, 5.41) is 0. The third-order valence-corrected chi connectivity index (χ3v) is 5.87. The molecule has 0 spiro atoms. The number of hydrogen-bond donors (Lipinski definition) is 2. The quantitative estimate of drug-likeness (QED) is 0.814. The van der Waals surface area contributed by atoms with Gasteiger partial charge in [-0.05, 0) is 81.1 Å². The van der Waals surface area contributed by atoms with Crippen molar-refractivity contribution in [2.45, 2.75) is 70.3 Å². The number of piperidine rings is 1. The van der Waals surface area contributed by atoms with Crippen molar-refractivity contribution in [3.63, 3.8) is 0 Å². The van der Waals surface area contributed by atoms with Gasteiger partial charge in [-0.15, -0.1) is 0 Å². The molecule has 1 saturated heterocycles. The van der Waals surface area contributed by atoms with E-state index in [1.54, 1.807) is 0 Å². The van der Waals surface area contributed by atoms with Gasteiger partial charge in [0.25, 0.3) is 0 Å². The van der Waals surface area contributed by atoms with Crippen molar-refractivity contribution in [2.24, 2.45) is 11.5 Å². The molecule has 1 aliphatic heterocycles. The van der Waals surface area contributed by atoms with E-state index in [0.29, 0.717) is 17.9 Å². The SMILES string of the molecule is CC(C)(N)CC(=O)N1CCC(c2ccc(C(N)=O)c(C3=CCCCC3)c2)CC1. The number of allylic oxidation sites excluding steroid dienone is 2. The van der Waals surface area contributed by atoms with Crippen LogP contribution in [0.1, 0.15) is 86.2 Å². The Hall–Kier alpha value is -2.14. The molecule has 1 heterocycles. The van der Waals surface area contributed by atoms with E-state index in [-0.39, 0.29) is 11.8 Å². The minimum Gasteiger partial charge on any atom is -0.366 e. The van der Waals surface area contributed by atoms with Crippen molar-refractivity contribution >= 4 is 17.4 Å². The van der Waals surface area contributed by atoms with Gasteiger partial charge in [0.05, 0.1) is 0 Å². The summed E-state index contributed by atoms with van der Waals surface area (Å²) in [6.45, 7) is 5.29. The second-order valence-electron chi connectivity index (χ2n) is 8.96. The molecule has 5 nitrogen and oxygen atoms in total. The summed E-state index contributed by atoms with van der Waals surface area (Å²) in [7, 11) is 0. The van der Waals surface area contributed by atoms with Crippen LogP contribution >= 0.6 is 0 Å². The fraction of sp³-hybridized carbons (Fsp3) is 0.565. The van der Waals surface area contributed by atoms with Crippen LogP contribution in [0.3, 0.4) is 0 Å². The predicted molar refractivity (Wildman–Crippen MR) is 113 cm³/mol. The van der Waals surface area contributed by atoms with Crippen molar-refractivity contribution in [1.82, 2.24) is 4.90 Å². The normalized spacial score (nSPS) is 18.7. The first-order valence-electron chi connectivity index (χ1n) is 10.4. The number of benzene rings is 1. The first kappa shape index (κ1) is 20.6. The second kappa shape index (κ2) is 8.48. The maximum absolute atomic E-state index is 12.4. The van der Waals surface area contributed by atoms with E-state index in [9.17, 15) is 9.59 Å². The van der Waals surface area contributed by atoms with Gasteiger partial charge in [0.1, 0.15) is 0 Å². The molecule has 2 aliphatic rings. The van der Waals surface area contributed by atoms with Crippen LogP contribution in [-0.2, 0) is 4.79 Å². The van der Waals surface area contributed by atoms with Crippen molar-refractivity contribution in [2.75, 3.05) is 13.1 Å². The van der Waals surface area contributed by atoms with Gasteiger partial charge < -0.3 is 16.4 Å². The Labute approximate surface area is 168 Å². The summed E-state index contributed by atoms with van der Waals surface area (Å²) in [5.74, 6) is 0.181. The Kier molecular flexibility index (Phi) is 6.23. The molecular formula is C23H33N3O2. The van der Waals surface area contributed by atoms with Gasteiger partial charge in [-0.2, -0.15) is 0 Å². The van der Waals surface area contributed by atoms with Gasteiger partial charge in [0, 0.05) is 30.6 Å². The molecule has 28 heavy (non-hydrogen) atoms. The highest BCUT2D eigenvalue weighted by molar-refractivity contribution is 5.98. The third kappa shape index (κ3) is 5.02. The van der Waals surface area contributed by atoms with E-state index >= 15 is 0 Å². The lowest BCUT2D eigenvalue weighted by Crippen LogP contribution is -2.44. The summed E-state index contributed by atoms with van der Waals surface area (Å²) >= 11 is 0. The van der Waals surface area contributed by atoms with Crippen LogP contribution in [0.2, 0.25) is 0 Å². The summed E-state index contributed by atoms with van der Waals surface area (Å²) in [5.41, 5.74) is 15.3. The minimum absolute atomic E-state index is 0.142. The topological polar surface area (TPSA) is 89.4 Å². The third-order valence-electron chi connectivity index (χ3n) is 5.87. The Balaban J connectivity index is 1.74. The molecule has 1 aliphatic carbocycles. The van der Waals surface area contributed by atoms with Crippen LogP contribution < -0.4 is 11.5 Å². The molecule has 0 aromatic heterocycles. The largest absolute Gasteiger partial charge is 0.366 e. The van der Waals surface area contributed by atoms with Gasteiger partial charge in [0.2, 0.25) is 11.8 Å². The molecule has 0 bridgehead atoms. The molecule has 5 heteroatoms. The molecule has 1 aromatic rings. The molecule has 0 atom stereocenters. The average Bonchev–Trinajstić information content (AvgIpc) is 2.67. The molecule has 0 unspecified atom stereocenters. The van der Waals surface area contributed by atoms with Crippen molar-refractivity contribution in [3.8, 4) is 0 Å². The molecule has 2 amide bonds. The van der Waals surface area contributed by atoms with Crippen LogP contribution in [0.5, 0.6) is 0 Å². The van der Waals surface area contributed by atoms with Crippen molar-refractivity contribution in [1.29, 1.82) is 0 Å². The predicted octanol–water partition coefficient (Wildman–Crippen LogP) is 3.58. The van der Waals surface area contributed by atoms with Crippen molar-refractivity contribution < 1.29 is 9.59 Å². The Morgan fingerprint density at radius 1 is 1.18 bits per heavy atom. The van der Waals surface area contributed by atoms with Crippen LogP contribution in [-0.4, -0.2) is 35.3 Å². The number of carbonyl (C=O) groups excluding carboxylic acids is 2. The first-order valence-corrected chi connectivity index (χ1v) is 10.4. The number of likely N-dealkylation sites (tertiary alicyclic amines) is 1. The number of amides is 2. The maximum Gasteiger partial charge on any atom is 0.249 e. The molecule has 1 fully saturated rings. The fourth-order valence-corrected chi connectivity index (χ4v) is 4.34. The number of hydrogen-bond acceptors (Lipinski definition) is 3. The molecule has 152 valence electrons. The Bertz CT molecular complexity index is 769. The molecule has 3 rings (SSSR count). The van der Waals surface area contributed by atoms with Crippen molar-refractivity contribution in [3.05, 3.63) is 41.0 Å². The Morgan fingerprint density at radius 3 is 2.46 bits per heavy atom. The summed E-state index contributed by atoms with van der Waals surface area (Å²) in [6, 6.07) is 6.09. The van der Waals surface area contributed by atoms with Gasteiger partial charge in [0.15, 0.2) is 0 Å². The minimum atomic E-state index is -0.471.